The van der Waals surface area contributed by atoms with Crippen molar-refractivity contribution in [2.75, 3.05) is 5.32 Å². The van der Waals surface area contributed by atoms with Crippen LogP contribution in [0.5, 0.6) is 0 Å². The van der Waals surface area contributed by atoms with Crippen molar-refractivity contribution in [3.8, 4) is 0 Å². The molecule has 174 valence electrons. The zero-order valence-electron chi connectivity index (χ0n) is 17.7. The summed E-state index contributed by atoms with van der Waals surface area (Å²) in [5.74, 6) is -1.11. The van der Waals surface area contributed by atoms with Crippen molar-refractivity contribution in [1.82, 2.24) is 0 Å². The van der Waals surface area contributed by atoms with E-state index in [4.69, 9.17) is 23.2 Å². The first-order valence-corrected chi connectivity index (χ1v) is 12.5. The molecule has 1 heterocycles. The number of halogens is 2. The van der Waals surface area contributed by atoms with E-state index in [0.717, 1.165) is 16.8 Å². The zero-order valence-corrected chi connectivity index (χ0v) is 20.1. The number of para-hydroxylation sites is 1. The van der Waals surface area contributed by atoms with Crippen LogP contribution in [-0.4, -0.2) is 26.6 Å². The highest BCUT2D eigenvalue weighted by molar-refractivity contribution is 8.00. The summed E-state index contributed by atoms with van der Waals surface area (Å²) in [5, 5.41) is 24.8. The lowest BCUT2D eigenvalue weighted by Gasteiger charge is -2.38. The predicted octanol–water partition coefficient (Wildman–Crippen LogP) is 6.99. The average molecular weight is 515 g/mol. The molecule has 1 aliphatic heterocycles. The van der Waals surface area contributed by atoms with E-state index in [-0.39, 0.29) is 44.7 Å². The maximum Gasteiger partial charge on any atom is 0.335 e. The average Bonchev–Trinajstić information content (AvgIpc) is 3.15. The fraction of sp³-hybridized carbons (Fsp3) is 0.240. The Hall–Kier alpha value is -2.74. The molecule has 5 rings (SSSR count). The van der Waals surface area contributed by atoms with Crippen LogP contribution in [0.2, 0.25) is 5.02 Å². The smallest absolute Gasteiger partial charge is 0.335 e. The number of thioether (sulfide) groups is 1. The Bertz CT molecular complexity index is 1290. The number of rotatable bonds is 5. The van der Waals surface area contributed by atoms with Crippen LogP contribution in [0.4, 0.5) is 11.4 Å². The summed E-state index contributed by atoms with van der Waals surface area (Å²) >= 11 is 15.1. The van der Waals surface area contributed by atoms with Crippen LogP contribution in [-0.2, 0) is 0 Å². The van der Waals surface area contributed by atoms with Crippen LogP contribution < -0.4 is 5.32 Å². The van der Waals surface area contributed by atoms with Gasteiger partial charge in [0.1, 0.15) is 0 Å². The summed E-state index contributed by atoms with van der Waals surface area (Å²) in [6.07, 6.45) is 0.690. The first-order chi connectivity index (χ1) is 16.3. The molecule has 2 aliphatic rings. The SMILES string of the molecule is O=C(O)c1ccc2c(c1)[C@H]1[C@@H](Cl)[C@@H](Sc3ccccc3[N+](=O)[O-])C[C@@H]1[C@H](c1ccccc1Cl)N2. The van der Waals surface area contributed by atoms with Crippen molar-refractivity contribution < 1.29 is 14.8 Å². The lowest BCUT2D eigenvalue weighted by Crippen LogP contribution is -2.31. The molecule has 1 aliphatic carbocycles. The van der Waals surface area contributed by atoms with E-state index >= 15 is 0 Å². The van der Waals surface area contributed by atoms with Crippen molar-refractivity contribution in [2.45, 2.75) is 33.9 Å². The van der Waals surface area contributed by atoms with E-state index in [1.807, 2.05) is 24.3 Å². The summed E-state index contributed by atoms with van der Waals surface area (Å²) in [4.78, 5) is 23.4. The number of alkyl halides is 1. The molecule has 0 spiro atoms. The van der Waals surface area contributed by atoms with Crippen LogP contribution in [0.1, 0.15) is 39.9 Å². The van der Waals surface area contributed by atoms with Crippen LogP contribution in [0.25, 0.3) is 0 Å². The monoisotopic (exact) mass is 514 g/mol. The van der Waals surface area contributed by atoms with E-state index in [1.54, 1.807) is 36.4 Å². The number of fused-ring (bicyclic) bond motifs is 3. The van der Waals surface area contributed by atoms with E-state index in [2.05, 4.69) is 5.32 Å². The number of carbonyl (C=O) groups is 1. The normalized spacial score (nSPS) is 25.2. The molecule has 0 aromatic heterocycles. The van der Waals surface area contributed by atoms with Gasteiger partial charge in [0.15, 0.2) is 0 Å². The van der Waals surface area contributed by atoms with Gasteiger partial charge in [-0.15, -0.1) is 23.4 Å². The predicted molar refractivity (Wildman–Crippen MR) is 134 cm³/mol. The number of nitro benzene ring substituents is 1. The minimum atomic E-state index is -0.998. The van der Waals surface area contributed by atoms with Crippen LogP contribution in [0.15, 0.2) is 71.6 Å². The van der Waals surface area contributed by atoms with Crippen molar-refractivity contribution in [1.29, 1.82) is 0 Å². The number of benzene rings is 3. The number of anilines is 1. The standard InChI is InChI=1S/C25H20Cl2N2O4S/c26-17-6-2-1-5-14(17)24-16-12-21(34-20-8-4-3-7-19(20)29(32)33)23(27)22(16)15-11-13(25(30)31)9-10-18(15)28-24/h1-11,16,21-24,28H,12H2,(H,30,31)/t16-,21-,22+,23-,24-/m0/s1. The number of nitro groups is 1. The number of aromatic carboxylic acids is 1. The molecular weight excluding hydrogens is 495 g/mol. The number of hydrogen-bond donors (Lipinski definition) is 2. The second kappa shape index (κ2) is 9.13. The molecule has 34 heavy (non-hydrogen) atoms. The Morgan fingerprint density at radius 3 is 2.56 bits per heavy atom. The van der Waals surface area contributed by atoms with Gasteiger partial charge in [-0.05, 0) is 53.8 Å². The first kappa shape index (κ1) is 23.0. The van der Waals surface area contributed by atoms with Gasteiger partial charge < -0.3 is 10.4 Å². The third-order valence-corrected chi connectivity index (χ3v) is 9.10. The molecule has 0 unspecified atom stereocenters. The van der Waals surface area contributed by atoms with Gasteiger partial charge in [0, 0.05) is 27.9 Å². The largest absolute Gasteiger partial charge is 0.478 e. The Morgan fingerprint density at radius 1 is 1.09 bits per heavy atom. The van der Waals surface area contributed by atoms with Crippen molar-refractivity contribution >= 4 is 52.3 Å². The van der Waals surface area contributed by atoms with Gasteiger partial charge in [-0.3, -0.25) is 10.1 Å². The quantitative estimate of drug-likeness (QED) is 0.216. The number of hydrogen-bond acceptors (Lipinski definition) is 5. The molecule has 9 heteroatoms. The molecule has 5 atom stereocenters. The Kier molecular flexibility index (Phi) is 6.18. The lowest BCUT2D eigenvalue weighted by molar-refractivity contribution is -0.387. The topological polar surface area (TPSA) is 92.5 Å². The molecule has 2 N–H and O–H groups in total. The molecule has 3 aromatic rings. The molecule has 0 radical (unpaired) electrons. The highest BCUT2D eigenvalue weighted by atomic mass is 35.5. The lowest BCUT2D eigenvalue weighted by atomic mass is 9.77. The van der Waals surface area contributed by atoms with Crippen molar-refractivity contribution in [2.24, 2.45) is 5.92 Å². The summed E-state index contributed by atoms with van der Waals surface area (Å²) < 4.78 is 0. The molecule has 3 aromatic carbocycles. The van der Waals surface area contributed by atoms with E-state index in [9.17, 15) is 20.0 Å². The van der Waals surface area contributed by atoms with Gasteiger partial charge in [0.25, 0.3) is 5.69 Å². The number of nitrogens with zero attached hydrogens (tertiary/aromatic N) is 1. The van der Waals surface area contributed by atoms with Gasteiger partial charge in [0.2, 0.25) is 0 Å². The zero-order chi connectivity index (χ0) is 24.0. The minimum Gasteiger partial charge on any atom is -0.478 e. The van der Waals surface area contributed by atoms with Gasteiger partial charge in [-0.25, -0.2) is 4.79 Å². The van der Waals surface area contributed by atoms with Crippen LogP contribution in [0.3, 0.4) is 0 Å². The Labute approximate surface area is 210 Å². The van der Waals surface area contributed by atoms with E-state index in [1.165, 1.54) is 17.8 Å². The van der Waals surface area contributed by atoms with Crippen LogP contribution in [0, 0.1) is 16.0 Å². The molecule has 6 nitrogen and oxygen atoms in total. The van der Waals surface area contributed by atoms with E-state index < -0.39 is 5.97 Å². The molecule has 1 fully saturated rings. The fourth-order valence-corrected chi connectivity index (χ4v) is 7.35. The molecule has 0 bridgehead atoms. The highest BCUT2D eigenvalue weighted by Gasteiger charge is 2.50. The highest BCUT2D eigenvalue weighted by Crippen LogP contribution is 2.58. The number of carboxylic acids is 1. The van der Waals surface area contributed by atoms with Crippen LogP contribution >= 0.6 is 35.0 Å². The van der Waals surface area contributed by atoms with Gasteiger partial charge in [-0.1, -0.05) is 41.9 Å². The third kappa shape index (κ3) is 4.02. The summed E-state index contributed by atoms with van der Waals surface area (Å²) in [5.41, 5.74) is 2.90. The second-order valence-electron chi connectivity index (χ2n) is 8.50. The summed E-state index contributed by atoms with van der Waals surface area (Å²) in [6, 6.07) is 19.3. The summed E-state index contributed by atoms with van der Waals surface area (Å²) in [7, 11) is 0. The van der Waals surface area contributed by atoms with Crippen molar-refractivity contribution in [3.05, 3.63) is 98.6 Å². The number of nitrogens with one attached hydrogen (secondary N) is 1. The first-order valence-electron chi connectivity index (χ1n) is 10.8. The van der Waals surface area contributed by atoms with Crippen molar-refractivity contribution in [3.63, 3.8) is 0 Å². The van der Waals surface area contributed by atoms with Gasteiger partial charge in [0.05, 0.1) is 26.8 Å². The third-order valence-electron chi connectivity index (χ3n) is 6.64. The van der Waals surface area contributed by atoms with Gasteiger partial charge in [-0.2, -0.15) is 0 Å². The maximum atomic E-state index is 11.7. The fourth-order valence-electron chi connectivity index (χ4n) is 5.15. The minimum absolute atomic E-state index is 0.0270. The van der Waals surface area contributed by atoms with Gasteiger partial charge >= 0.3 is 5.97 Å². The molecule has 0 amide bonds. The maximum absolute atomic E-state index is 11.7. The van der Waals surface area contributed by atoms with E-state index in [0.29, 0.717) is 16.3 Å². The Morgan fingerprint density at radius 2 is 1.82 bits per heavy atom. The second-order valence-corrected chi connectivity index (χ2v) is 10.7. The molecule has 0 saturated heterocycles. The summed E-state index contributed by atoms with van der Waals surface area (Å²) in [6.45, 7) is 0. The molecule has 1 saturated carbocycles. The Balaban J connectivity index is 1.57. The molecular formula is C25H20Cl2N2O4S. The number of carboxylic acid groups (broad SMARTS) is 1.